The summed E-state index contributed by atoms with van der Waals surface area (Å²) in [7, 11) is 1.69. The third-order valence-electron chi connectivity index (χ3n) is 4.40. The predicted octanol–water partition coefficient (Wildman–Crippen LogP) is 3.42. The molecular formula is C17H23ClN4O. The van der Waals surface area contributed by atoms with E-state index in [0.717, 1.165) is 37.1 Å². The van der Waals surface area contributed by atoms with E-state index in [1.54, 1.807) is 17.8 Å². The summed E-state index contributed by atoms with van der Waals surface area (Å²) in [5.41, 5.74) is 0.914. The molecule has 1 aliphatic rings. The topological polar surface area (TPSA) is 61.9 Å². The van der Waals surface area contributed by atoms with Crippen molar-refractivity contribution in [1.29, 1.82) is 5.26 Å². The van der Waals surface area contributed by atoms with Crippen molar-refractivity contribution in [2.45, 2.75) is 52.1 Å². The number of nitriles is 1. The number of likely N-dealkylation sites (N-methyl/N-ethyl adjacent to an activating group) is 1. The van der Waals surface area contributed by atoms with Crippen LogP contribution >= 0.6 is 11.6 Å². The van der Waals surface area contributed by atoms with Crippen molar-refractivity contribution >= 4 is 23.6 Å². The van der Waals surface area contributed by atoms with Crippen LogP contribution in [0, 0.1) is 24.2 Å². The molecule has 0 unspecified atom stereocenters. The molecule has 0 N–H and O–H groups in total. The lowest BCUT2D eigenvalue weighted by atomic mass is 9.76. The molecule has 1 heterocycles. The SMILES string of the molecule is Cc1nn(CC(C)C)c(Cl)c1/C=C\C(=O)N(C)C1(C#N)CCC1. The van der Waals surface area contributed by atoms with Crippen LogP contribution in [0.4, 0.5) is 0 Å². The number of carbonyl (C=O) groups is 1. The molecule has 5 nitrogen and oxygen atoms in total. The van der Waals surface area contributed by atoms with Gasteiger partial charge in [-0.2, -0.15) is 10.4 Å². The molecule has 0 aliphatic heterocycles. The minimum Gasteiger partial charge on any atom is -0.323 e. The maximum Gasteiger partial charge on any atom is 0.247 e. The Bertz CT molecular complexity index is 665. The molecule has 1 aromatic rings. The molecule has 23 heavy (non-hydrogen) atoms. The molecule has 0 bridgehead atoms. The lowest BCUT2D eigenvalue weighted by molar-refractivity contribution is -0.130. The van der Waals surface area contributed by atoms with Crippen LogP contribution in [0.5, 0.6) is 0 Å². The number of hydrogen-bond donors (Lipinski definition) is 0. The molecule has 1 saturated carbocycles. The van der Waals surface area contributed by atoms with Gasteiger partial charge in [-0.1, -0.05) is 25.4 Å². The van der Waals surface area contributed by atoms with Gasteiger partial charge in [-0.05, 0) is 38.2 Å². The predicted molar refractivity (Wildman–Crippen MR) is 90.8 cm³/mol. The summed E-state index contributed by atoms with van der Waals surface area (Å²) in [5.74, 6) is 0.254. The summed E-state index contributed by atoms with van der Waals surface area (Å²) >= 11 is 6.36. The summed E-state index contributed by atoms with van der Waals surface area (Å²) in [6, 6.07) is 2.27. The van der Waals surface area contributed by atoms with Crippen molar-refractivity contribution in [2.75, 3.05) is 7.05 Å². The Morgan fingerprint density at radius 3 is 2.70 bits per heavy atom. The van der Waals surface area contributed by atoms with Gasteiger partial charge in [0.15, 0.2) is 0 Å². The molecule has 0 atom stereocenters. The summed E-state index contributed by atoms with van der Waals surface area (Å²) in [5, 5.41) is 14.3. The molecule has 6 heteroatoms. The Morgan fingerprint density at radius 1 is 1.57 bits per heavy atom. The van der Waals surface area contributed by atoms with E-state index >= 15 is 0 Å². The fourth-order valence-corrected chi connectivity index (χ4v) is 3.04. The molecule has 0 spiro atoms. The van der Waals surface area contributed by atoms with Crippen molar-refractivity contribution < 1.29 is 4.79 Å². The Morgan fingerprint density at radius 2 is 2.22 bits per heavy atom. The summed E-state index contributed by atoms with van der Waals surface area (Å²) in [6.45, 7) is 6.81. The van der Waals surface area contributed by atoms with E-state index in [1.165, 1.54) is 11.0 Å². The highest BCUT2D eigenvalue weighted by Crippen LogP contribution is 2.36. The second kappa shape index (κ2) is 6.76. The Kier molecular flexibility index (Phi) is 5.16. The first-order valence-corrected chi connectivity index (χ1v) is 8.28. The average Bonchev–Trinajstić information content (AvgIpc) is 2.69. The lowest BCUT2D eigenvalue weighted by Gasteiger charge is -2.42. The average molecular weight is 335 g/mol. The highest BCUT2D eigenvalue weighted by atomic mass is 35.5. The van der Waals surface area contributed by atoms with Crippen LogP contribution in [0.25, 0.3) is 6.08 Å². The van der Waals surface area contributed by atoms with Crippen molar-refractivity contribution in [3.8, 4) is 6.07 Å². The zero-order valence-electron chi connectivity index (χ0n) is 14.1. The Hall–Kier alpha value is -1.80. The van der Waals surface area contributed by atoms with Gasteiger partial charge in [-0.25, -0.2) is 0 Å². The van der Waals surface area contributed by atoms with E-state index in [4.69, 9.17) is 11.6 Å². The van der Waals surface area contributed by atoms with Gasteiger partial charge in [0.25, 0.3) is 0 Å². The zero-order chi connectivity index (χ0) is 17.2. The normalized spacial score (nSPS) is 16.4. The van der Waals surface area contributed by atoms with Crippen LogP contribution in [-0.2, 0) is 11.3 Å². The number of nitrogens with zero attached hydrogens (tertiary/aromatic N) is 4. The molecule has 0 radical (unpaired) electrons. The maximum absolute atomic E-state index is 12.3. The standard InChI is InChI=1S/C17H23ClN4O/c1-12(2)10-22-16(18)14(13(3)20-22)6-7-15(23)21(4)17(11-19)8-5-9-17/h6-7,12H,5,8-10H2,1-4H3/b7-6-. The van der Waals surface area contributed by atoms with Crippen LogP contribution in [0.2, 0.25) is 5.15 Å². The smallest absolute Gasteiger partial charge is 0.247 e. The monoisotopic (exact) mass is 334 g/mol. The summed E-state index contributed by atoms with van der Waals surface area (Å²) in [4.78, 5) is 13.9. The number of halogens is 1. The molecule has 2 rings (SSSR count). The van der Waals surface area contributed by atoms with E-state index < -0.39 is 5.54 Å². The van der Waals surface area contributed by atoms with Crippen LogP contribution < -0.4 is 0 Å². The van der Waals surface area contributed by atoms with Gasteiger partial charge < -0.3 is 4.90 Å². The molecule has 0 saturated heterocycles. The quantitative estimate of drug-likeness (QED) is 0.775. The number of hydrogen-bond acceptors (Lipinski definition) is 3. The highest BCUT2D eigenvalue weighted by Gasteiger charge is 2.42. The van der Waals surface area contributed by atoms with Gasteiger partial charge in [-0.3, -0.25) is 9.48 Å². The third-order valence-corrected chi connectivity index (χ3v) is 4.80. The molecule has 1 fully saturated rings. The highest BCUT2D eigenvalue weighted by molar-refractivity contribution is 6.31. The Balaban J connectivity index is 2.15. The van der Waals surface area contributed by atoms with Crippen molar-refractivity contribution in [2.24, 2.45) is 5.92 Å². The fourth-order valence-electron chi connectivity index (χ4n) is 2.73. The number of aryl methyl sites for hydroxylation is 1. The third kappa shape index (κ3) is 3.42. The minimum absolute atomic E-state index is 0.182. The molecule has 124 valence electrons. The molecule has 1 aromatic heterocycles. The van der Waals surface area contributed by atoms with Crippen LogP contribution in [-0.4, -0.2) is 33.2 Å². The zero-order valence-corrected chi connectivity index (χ0v) is 14.9. The maximum atomic E-state index is 12.3. The molecule has 0 aromatic carbocycles. The van der Waals surface area contributed by atoms with Gasteiger partial charge >= 0.3 is 0 Å². The number of rotatable bonds is 5. The van der Waals surface area contributed by atoms with Crippen LogP contribution in [0.15, 0.2) is 6.08 Å². The number of carbonyl (C=O) groups excluding carboxylic acids is 1. The van der Waals surface area contributed by atoms with Gasteiger partial charge in [-0.15, -0.1) is 0 Å². The number of aromatic nitrogens is 2. The van der Waals surface area contributed by atoms with E-state index in [9.17, 15) is 10.1 Å². The largest absolute Gasteiger partial charge is 0.323 e. The van der Waals surface area contributed by atoms with E-state index in [0.29, 0.717) is 11.1 Å². The lowest BCUT2D eigenvalue weighted by Crippen LogP contribution is -2.52. The molecular weight excluding hydrogens is 312 g/mol. The fraction of sp³-hybridized carbons (Fsp3) is 0.588. The first kappa shape index (κ1) is 17.6. The second-order valence-electron chi connectivity index (χ2n) is 6.59. The summed E-state index contributed by atoms with van der Waals surface area (Å²) in [6.07, 6.45) is 5.65. The summed E-state index contributed by atoms with van der Waals surface area (Å²) < 4.78 is 1.76. The first-order valence-electron chi connectivity index (χ1n) is 7.91. The van der Waals surface area contributed by atoms with Crippen LogP contribution in [0.3, 0.4) is 0 Å². The van der Waals surface area contributed by atoms with Gasteiger partial charge in [0.05, 0.1) is 11.8 Å². The minimum atomic E-state index is -0.637. The van der Waals surface area contributed by atoms with Gasteiger partial charge in [0, 0.05) is 25.2 Å². The number of amides is 1. The first-order chi connectivity index (χ1) is 10.8. The van der Waals surface area contributed by atoms with Gasteiger partial charge in [0.2, 0.25) is 5.91 Å². The van der Waals surface area contributed by atoms with E-state index in [1.807, 2.05) is 6.92 Å². The van der Waals surface area contributed by atoms with Crippen molar-refractivity contribution in [1.82, 2.24) is 14.7 Å². The van der Waals surface area contributed by atoms with E-state index in [-0.39, 0.29) is 5.91 Å². The van der Waals surface area contributed by atoms with Gasteiger partial charge in [0.1, 0.15) is 10.7 Å². The Labute approximate surface area is 142 Å². The van der Waals surface area contributed by atoms with Crippen molar-refractivity contribution in [3.05, 3.63) is 22.5 Å². The van der Waals surface area contributed by atoms with Crippen molar-refractivity contribution in [3.63, 3.8) is 0 Å². The molecule has 1 amide bonds. The molecule has 1 aliphatic carbocycles. The second-order valence-corrected chi connectivity index (χ2v) is 6.95. The van der Waals surface area contributed by atoms with Crippen LogP contribution in [0.1, 0.15) is 44.4 Å². The van der Waals surface area contributed by atoms with E-state index in [2.05, 4.69) is 25.0 Å².